The van der Waals surface area contributed by atoms with Gasteiger partial charge in [-0.3, -0.25) is 9.59 Å². The maximum Gasteiger partial charge on any atom is 0.417 e. The zero-order valence-electron chi connectivity index (χ0n) is 18.1. The summed E-state index contributed by atoms with van der Waals surface area (Å²) in [4.78, 5) is 30.4. The van der Waals surface area contributed by atoms with E-state index in [0.717, 1.165) is 30.7 Å². The van der Waals surface area contributed by atoms with Crippen LogP contribution in [0.3, 0.4) is 0 Å². The Kier molecular flexibility index (Phi) is 5.92. The summed E-state index contributed by atoms with van der Waals surface area (Å²) in [5.74, 6) is -0.211. The SMILES string of the molecule is Cc1c(C(=O)N(C)Cc2ccc(C(=O)NC3CC3)cc2)cnn1-c1ccc(C(F)(F)F)cn1. The molecule has 1 aliphatic rings. The smallest absolute Gasteiger partial charge is 0.349 e. The Morgan fingerprint density at radius 2 is 1.82 bits per heavy atom. The zero-order chi connectivity index (χ0) is 23.8. The van der Waals surface area contributed by atoms with Crippen molar-refractivity contribution in [3.8, 4) is 5.82 Å². The van der Waals surface area contributed by atoms with Crippen LogP contribution in [0.1, 0.15) is 50.4 Å². The number of carbonyl (C=O) groups is 2. The monoisotopic (exact) mass is 457 g/mol. The standard InChI is InChI=1S/C23H22F3N5O2/c1-14-19(12-28-31(14)20-10-7-17(11-27-20)23(24,25)26)22(33)30(2)13-15-3-5-16(6-4-15)21(32)29-18-8-9-18/h3-7,10-12,18H,8-9,13H2,1-2H3,(H,29,32). The summed E-state index contributed by atoms with van der Waals surface area (Å²) in [6, 6.07) is 9.47. The lowest BCUT2D eigenvalue weighted by molar-refractivity contribution is -0.137. The Bertz CT molecular complexity index is 1170. The van der Waals surface area contributed by atoms with E-state index in [2.05, 4.69) is 15.4 Å². The first-order chi connectivity index (χ1) is 15.6. The molecule has 2 amide bonds. The Labute approximate surface area is 188 Å². The summed E-state index contributed by atoms with van der Waals surface area (Å²) in [5.41, 5.74) is 1.35. The minimum absolute atomic E-state index is 0.103. The van der Waals surface area contributed by atoms with Gasteiger partial charge in [-0.15, -0.1) is 0 Å². The van der Waals surface area contributed by atoms with E-state index >= 15 is 0 Å². The first-order valence-electron chi connectivity index (χ1n) is 10.4. The number of pyridine rings is 1. The van der Waals surface area contributed by atoms with E-state index in [-0.39, 0.29) is 23.7 Å². The quantitative estimate of drug-likeness (QED) is 0.611. The molecule has 1 fully saturated rings. The van der Waals surface area contributed by atoms with E-state index in [0.29, 0.717) is 23.4 Å². The minimum atomic E-state index is -4.48. The number of amides is 2. The zero-order valence-corrected chi connectivity index (χ0v) is 18.1. The molecule has 1 N–H and O–H groups in total. The predicted molar refractivity (Wildman–Crippen MR) is 114 cm³/mol. The van der Waals surface area contributed by atoms with Crippen LogP contribution < -0.4 is 5.32 Å². The third kappa shape index (κ3) is 5.05. The van der Waals surface area contributed by atoms with Crippen molar-refractivity contribution in [1.29, 1.82) is 0 Å². The second-order valence-electron chi connectivity index (χ2n) is 8.06. The van der Waals surface area contributed by atoms with Crippen molar-refractivity contribution in [3.05, 3.63) is 76.7 Å². The van der Waals surface area contributed by atoms with Gasteiger partial charge in [0.1, 0.15) is 0 Å². The van der Waals surface area contributed by atoms with Gasteiger partial charge in [0.25, 0.3) is 11.8 Å². The molecule has 2 aromatic heterocycles. The summed E-state index contributed by atoms with van der Waals surface area (Å²) in [6.45, 7) is 1.97. The van der Waals surface area contributed by atoms with Crippen molar-refractivity contribution in [1.82, 2.24) is 25.0 Å². The lowest BCUT2D eigenvalue weighted by Crippen LogP contribution is -2.27. The molecule has 0 unspecified atom stereocenters. The second kappa shape index (κ2) is 8.68. The Hall–Kier alpha value is -3.69. The highest BCUT2D eigenvalue weighted by atomic mass is 19.4. The van der Waals surface area contributed by atoms with Gasteiger partial charge in [-0.2, -0.15) is 18.3 Å². The minimum Gasteiger partial charge on any atom is -0.349 e. The number of carbonyl (C=O) groups excluding carboxylic acids is 2. The van der Waals surface area contributed by atoms with Gasteiger partial charge in [0.05, 0.1) is 23.0 Å². The van der Waals surface area contributed by atoms with E-state index in [1.807, 2.05) is 0 Å². The van der Waals surface area contributed by atoms with Crippen LogP contribution in [0.15, 0.2) is 48.8 Å². The van der Waals surface area contributed by atoms with Gasteiger partial charge in [-0.25, -0.2) is 9.67 Å². The number of halogens is 3. The Morgan fingerprint density at radius 1 is 1.12 bits per heavy atom. The molecule has 1 aromatic carbocycles. The summed E-state index contributed by atoms with van der Waals surface area (Å²) >= 11 is 0. The molecule has 10 heteroatoms. The van der Waals surface area contributed by atoms with E-state index in [1.165, 1.54) is 21.8 Å². The van der Waals surface area contributed by atoms with Crippen molar-refractivity contribution < 1.29 is 22.8 Å². The Balaban J connectivity index is 1.43. The van der Waals surface area contributed by atoms with Gasteiger partial charge in [-0.05, 0) is 49.6 Å². The molecule has 0 radical (unpaired) electrons. The number of aromatic nitrogens is 3. The highest BCUT2D eigenvalue weighted by molar-refractivity contribution is 5.95. The lowest BCUT2D eigenvalue weighted by Gasteiger charge is -2.17. The van der Waals surface area contributed by atoms with Gasteiger partial charge >= 0.3 is 6.18 Å². The molecule has 2 heterocycles. The van der Waals surface area contributed by atoms with Crippen molar-refractivity contribution in [3.63, 3.8) is 0 Å². The van der Waals surface area contributed by atoms with Crippen molar-refractivity contribution in [2.24, 2.45) is 0 Å². The lowest BCUT2D eigenvalue weighted by atomic mass is 10.1. The van der Waals surface area contributed by atoms with E-state index in [4.69, 9.17) is 0 Å². The van der Waals surface area contributed by atoms with Gasteiger partial charge in [0.15, 0.2) is 5.82 Å². The van der Waals surface area contributed by atoms with E-state index < -0.39 is 11.7 Å². The number of hydrogen-bond donors (Lipinski definition) is 1. The molecule has 0 spiro atoms. The first kappa shape index (κ1) is 22.5. The van der Waals surface area contributed by atoms with Crippen LogP contribution in [0, 0.1) is 6.92 Å². The average Bonchev–Trinajstić information content (AvgIpc) is 3.52. The molecule has 0 bridgehead atoms. The number of nitrogens with zero attached hydrogens (tertiary/aromatic N) is 4. The second-order valence-corrected chi connectivity index (χ2v) is 8.06. The molecule has 33 heavy (non-hydrogen) atoms. The molecule has 4 rings (SSSR count). The highest BCUT2D eigenvalue weighted by Crippen LogP contribution is 2.29. The summed E-state index contributed by atoms with van der Waals surface area (Å²) in [6.07, 6.45) is -0.339. The van der Waals surface area contributed by atoms with E-state index in [1.54, 1.807) is 38.2 Å². The Morgan fingerprint density at radius 3 is 2.39 bits per heavy atom. The molecule has 7 nitrogen and oxygen atoms in total. The topological polar surface area (TPSA) is 80.1 Å². The molecule has 0 saturated heterocycles. The van der Waals surface area contributed by atoms with Crippen LogP contribution in [-0.4, -0.2) is 44.6 Å². The molecule has 172 valence electrons. The van der Waals surface area contributed by atoms with E-state index in [9.17, 15) is 22.8 Å². The van der Waals surface area contributed by atoms with Crippen LogP contribution in [-0.2, 0) is 12.7 Å². The van der Waals surface area contributed by atoms with Crippen LogP contribution in [0.4, 0.5) is 13.2 Å². The van der Waals surface area contributed by atoms with Crippen LogP contribution in [0.5, 0.6) is 0 Å². The largest absolute Gasteiger partial charge is 0.417 e. The fourth-order valence-electron chi connectivity index (χ4n) is 3.34. The van der Waals surface area contributed by atoms with Gasteiger partial charge in [0, 0.05) is 31.4 Å². The summed E-state index contributed by atoms with van der Waals surface area (Å²) < 4.78 is 39.6. The van der Waals surface area contributed by atoms with Crippen molar-refractivity contribution >= 4 is 11.8 Å². The number of rotatable bonds is 6. The fourth-order valence-corrected chi connectivity index (χ4v) is 3.34. The van der Waals surface area contributed by atoms with Crippen LogP contribution in [0.2, 0.25) is 0 Å². The molecular weight excluding hydrogens is 435 g/mol. The number of hydrogen-bond acceptors (Lipinski definition) is 4. The summed E-state index contributed by atoms with van der Waals surface area (Å²) in [7, 11) is 1.64. The first-order valence-corrected chi connectivity index (χ1v) is 10.4. The average molecular weight is 457 g/mol. The number of benzene rings is 1. The normalized spacial score (nSPS) is 13.6. The number of nitrogens with one attached hydrogen (secondary N) is 1. The highest BCUT2D eigenvalue weighted by Gasteiger charge is 2.31. The summed E-state index contributed by atoms with van der Waals surface area (Å²) in [5, 5.41) is 7.06. The predicted octanol–water partition coefficient (Wildman–Crippen LogP) is 3.76. The maximum absolute atomic E-state index is 12.9. The maximum atomic E-state index is 12.9. The molecule has 3 aromatic rings. The van der Waals surface area contributed by atoms with Crippen molar-refractivity contribution in [2.75, 3.05) is 7.05 Å². The van der Waals surface area contributed by atoms with Crippen LogP contribution >= 0.6 is 0 Å². The molecule has 0 atom stereocenters. The third-order valence-electron chi connectivity index (χ3n) is 5.43. The molecule has 1 aliphatic carbocycles. The third-order valence-corrected chi connectivity index (χ3v) is 5.43. The molecule has 1 saturated carbocycles. The molecule has 0 aliphatic heterocycles. The molecular formula is C23H22F3N5O2. The van der Waals surface area contributed by atoms with Crippen molar-refractivity contribution in [2.45, 2.75) is 38.5 Å². The van der Waals surface area contributed by atoms with Crippen LogP contribution in [0.25, 0.3) is 5.82 Å². The van der Waals surface area contributed by atoms with Gasteiger partial charge in [0.2, 0.25) is 0 Å². The van der Waals surface area contributed by atoms with Gasteiger partial charge in [-0.1, -0.05) is 12.1 Å². The fraction of sp³-hybridized carbons (Fsp3) is 0.304. The van der Waals surface area contributed by atoms with Gasteiger partial charge < -0.3 is 10.2 Å². The number of alkyl halides is 3.